The molecule has 0 aliphatic carbocycles. The van der Waals surface area contributed by atoms with Crippen molar-refractivity contribution in [1.82, 2.24) is 0 Å². The van der Waals surface area contributed by atoms with Crippen LogP contribution in [0.1, 0.15) is 0 Å². The lowest BCUT2D eigenvalue weighted by molar-refractivity contribution is 0.338. The van der Waals surface area contributed by atoms with Gasteiger partial charge < -0.3 is 14.3 Å². The highest BCUT2D eigenvalue weighted by molar-refractivity contribution is 7.81. The molecule has 1 heterocycles. The van der Waals surface area contributed by atoms with E-state index >= 15 is 0 Å². The number of fused-ring (bicyclic) bond motifs is 1. The fourth-order valence-corrected chi connectivity index (χ4v) is 2.51. The minimum atomic E-state index is -4.86. The Morgan fingerprint density at radius 1 is 1.09 bits per heavy atom. The van der Waals surface area contributed by atoms with Crippen LogP contribution in [0.4, 0.5) is 5.69 Å². The van der Waals surface area contributed by atoms with E-state index in [9.17, 15) is 13.2 Å². The Hall–Kier alpha value is -2.84. The highest BCUT2D eigenvalue weighted by Gasteiger charge is 2.21. The molecular formula is C15H11NO6S. The maximum absolute atomic E-state index is 12.7. The summed E-state index contributed by atoms with van der Waals surface area (Å²) in [6, 6.07) is 12.5. The second kappa shape index (κ2) is 5.41. The average Bonchev–Trinajstić information content (AvgIpc) is 2.48. The molecule has 0 amide bonds. The second-order valence-corrected chi connectivity index (χ2v) is 5.75. The van der Waals surface area contributed by atoms with Gasteiger partial charge in [0.15, 0.2) is 0 Å². The summed E-state index contributed by atoms with van der Waals surface area (Å²) in [5.74, 6) is -0.610. The van der Waals surface area contributed by atoms with Crippen LogP contribution in [0.3, 0.4) is 0 Å². The van der Waals surface area contributed by atoms with Crippen molar-refractivity contribution < 1.29 is 21.6 Å². The molecule has 0 radical (unpaired) electrons. The van der Waals surface area contributed by atoms with E-state index in [0.717, 1.165) is 0 Å². The van der Waals surface area contributed by atoms with Crippen LogP contribution in [0.15, 0.2) is 57.7 Å². The maximum Gasteiger partial charge on any atom is 0.449 e. The quantitative estimate of drug-likeness (QED) is 0.557. The van der Waals surface area contributed by atoms with E-state index in [1.165, 1.54) is 18.2 Å². The van der Waals surface area contributed by atoms with E-state index in [4.69, 9.17) is 14.7 Å². The zero-order valence-electron chi connectivity index (χ0n) is 11.6. The van der Waals surface area contributed by atoms with Gasteiger partial charge in [-0.15, -0.1) is 0 Å². The van der Waals surface area contributed by atoms with E-state index in [2.05, 4.69) is 4.18 Å². The summed E-state index contributed by atoms with van der Waals surface area (Å²) in [7, 11) is -4.86. The molecule has 8 heteroatoms. The van der Waals surface area contributed by atoms with Crippen molar-refractivity contribution in [2.75, 3.05) is 5.73 Å². The highest BCUT2D eigenvalue weighted by atomic mass is 32.3. The van der Waals surface area contributed by atoms with Crippen molar-refractivity contribution in [1.29, 1.82) is 0 Å². The number of benzene rings is 2. The monoisotopic (exact) mass is 333 g/mol. The molecule has 0 aliphatic rings. The van der Waals surface area contributed by atoms with Crippen molar-refractivity contribution in [3.05, 3.63) is 58.8 Å². The van der Waals surface area contributed by atoms with E-state index in [0.29, 0.717) is 11.3 Å². The largest absolute Gasteiger partial charge is 0.449 e. The normalized spacial score (nSPS) is 11.5. The molecule has 0 aliphatic heterocycles. The zero-order chi connectivity index (χ0) is 16.6. The SMILES string of the molecule is Nc1ccc2oc(OS(=O)(=O)O)c(-c3ccccc3)c(=O)c2c1. The number of nitrogens with two attached hydrogens (primary N) is 1. The predicted molar refractivity (Wildman–Crippen MR) is 84.5 cm³/mol. The fourth-order valence-electron chi connectivity index (χ4n) is 2.20. The molecule has 0 saturated heterocycles. The highest BCUT2D eigenvalue weighted by Crippen LogP contribution is 2.31. The van der Waals surface area contributed by atoms with E-state index in [1.807, 2.05) is 0 Å². The summed E-state index contributed by atoms with van der Waals surface area (Å²) in [5.41, 5.74) is 5.84. The Kier molecular flexibility index (Phi) is 3.55. The first-order valence-electron chi connectivity index (χ1n) is 6.44. The molecule has 3 N–H and O–H groups in total. The van der Waals surface area contributed by atoms with Crippen molar-refractivity contribution >= 4 is 27.1 Å². The standard InChI is InChI=1S/C15H11NO6S/c16-10-6-7-12-11(8-10)14(17)13(9-4-2-1-3-5-9)15(21-12)22-23(18,19)20/h1-8H,16H2,(H,18,19,20). The Balaban J connectivity index is 2.40. The molecule has 3 aromatic rings. The fraction of sp³-hybridized carbons (Fsp3) is 0. The van der Waals surface area contributed by atoms with E-state index in [1.54, 1.807) is 30.3 Å². The van der Waals surface area contributed by atoms with Gasteiger partial charge in [-0.1, -0.05) is 30.3 Å². The molecule has 1 aromatic heterocycles. The van der Waals surface area contributed by atoms with Gasteiger partial charge >= 0.3 is 16.3 Å². The minimum absolute atomic E-state index is 0.0857. The number of hydrogen-bond acceptors (Lipinski definition) is 6. The molecule has 7 nitrogen and oxygen atoms in total. The van der Waals surface area contributed by atoms with Crippen LogP contribution < -0.4 is 15.3 Å². The van der Waals surface area contributed by atoms with Crippen molar-refractivity contribution in [3.63, 3.8) is 0 Å². The van der Waals surface area contributed by atoms with Gasteiger partial charge in [0.25, 0.3) is 0 Å². The minimum Gasteiger partial charge on any atom is -0.424 e. The maximum atomic E-state index is 12.7. The summed E-state index contributed by atoms with van der Waals surface area (Å²) in [6.45, 7) is 0. The average molecular weight is 333 g/mol. The molecule has 2 aromatic carbocycles. The van der Waals surface area contributed by atoms with Gasteiger partial charge in [0.2, 0.25) is 5.43 Å². The number of anilines is 1. The van der Waals surface area contributed by atoms with Crippen LogP contribution in [0, 0.1) is 0 Å². The summed E-state index contributed by atoms with van der Waals surface area (Å²) in [6.07, 6.45) is 0. The van der Waals surface area contributed by atoms with Crippen LogP contribution in [-0.2, 0) is 10.4 Å². The zero-order valence-corrected chi connectivity index (χ0v) is 12.4. The third-order valence-corrected chi connectivity index (χ3v) is 3.49. The summed E-state index contributed by atoms with van der Waals surface area (Å²) in [4.78, 5) is 12.7. The number of hydrogen-bond donors (Lipinski definition) is 2. The van der Waals surface area contributed by atoms with Gasteiger partial charge in [-0.3, -0.25) is 9.35 Å². The van der Waals surface area contributed by atoms with Gasteiger partial charge in [0.05, 0.1) is 5.39 Å². The molecule has 118 valence electrons. The Labute approximate surface area is 130 Å². The Bertz CT molecular complexity index is 1040. The van der Waals surface area contributed by atoms with Crippen LogP contribution in [-0.4, -0.2) is 13.0 Å². The van der Waals surface area contributed by atoms with Crippen molar-refractivity contribution in [2.45, 2.75) is 0 Å². The summed E-state index contributed by atoms with van der Waals surface area (Å²) >= 11 is 0. The van der Waals surface area contributed by atoms with Gasteiger partial charge in [-0.05, 0) is 23.8 Å². The Morgan fingerprint density at radius 3 is 2.43 bits per heavy atom. The van der Waals surface area contributed by atoms with Crippen LogP contribution >= 0.6 is 0 Å². The van der Waals surface area contributed by atoms with Crippen molar-refractivity contribution in [2.24, 2.45) is 0 Å². The third kappa shape index (κ3) is 3.03. The van der Waals surface area contributed by atoms with Gasteiger partial charge in [-0.2, -0.15) is 8.42 Å². The predicted octanol–water partition coefficient (Wildman–Crippen LogP) is 2.22. The van der Waals surface area contributed by atoms with E-state index in [-0.39, 0.29) is 16.5 Å². The lowest BCUT2D eigenvalue weighted by Crippen LogP contribution is -2.13. The third-order valence-electron chi connectivity index (χ3n) is 3.13. The first-order valence-corrected chi connectivity index (χ1v) is 7.80. The smallest absolute Gasteiger partial charge is 0.424 e. The molecule has 0 unspecified atom stereocenters. The molecule has 0 fully saturated rings. The molecule has 0 spiro atoms. The lowest BCUT2D eigenvalue weighted by Gasteiger charge is -2.09. The number of nitrogen functional groups attached to an aromatic ring is 1. The number of rotatable bonds is 3. The van der Waals surface area contributed by atoms with Gasteiger partial charge in [0.1, 0.15) is 11.1 Å². The second-order valence-electron chi connectivity index (χ2n) is 4.73. The molecule has 0 saturated carbocycles. The van der Waals surface area contributed by atoms with Crippen LogP contribution in [0.25, 0.3) is 22.1 Å². The lowest BCUT2D eigenvalue weighted by atomic mass is 10.0. The van der Waals surface area contributed by atoms with Crippen molar-refractivity contribution in [3.8, 4) is 17.1 Å². The molecular weight excluding hydrogens is 322 g/mol. The summed E-state index contributed by atoms with van der Waals surface area (Å²) < 4.78 is 40.8. The van der Waals surface area contributed by atoms with Crippen LogP contribution in [0.2, 0.25) is 0 Å². The topological polar surface area (TPSA) is 120 Å². The molecule has 23 heavy (non-hydrogen) atoms. The first kappa shape index (κ1) is 15.1. The Morgan fingerprint density at radius 2 is 1.78 bits per heavy atom. The van der Waals surface area contributed by atoms with Gasteiger partial charge in [-0.25, -0.2) is 0 Å². The molecule has 3 rings (SSSR count). The summed E-state index contributed by atoms with van der Waals surface area (Å²) in [5, 5.41) is 0.173. The van der Waals surface area contributed by atoms with E-state index < -0.39 is 21.8 Å². The van der Waals surface area contributed by atoms with Crippen LogP contribution in [0.5, 0.6) is 5.95 Å². The van der Waals surface area contributed by atoms with Gasteiger partial charge in [0, 0.05) is 5.69 Å². The molecule has 0 bridgehead atoms. The first-order chi connectivity index (χ1) is 10.8. The molecule has 0 atom stereocenters.